The minimum absolute atomic E-state index is 0.0235. The highest BCUT2D eigenvalue weighted by Crippen LogP contribution is 2.24. The van der Waals surface area contributed by atoms with Gasteiger partial charge in [-0.05, 0) is 11.8 Å². The number of carbonyl (C=O) groups is 1. The molecule has 0 radical (unpaired) electrons. The molecule has 1 amide bonds. The first kappa shape index (κ1) is 14.1. The molecule has 0 aromatic carbocycles. The van der Waals surface area contributed by atoms with Crippen molar-refractivity contribution in [3.05, 3.63) is 16.6 Å². The lowest BCUT2D eigenvalue weighted by molar-refractivity contribution is -0.125. The molecule has 0 fully saturated rings. The number of aromatic nitrogens is 1. The Kier molecular flexibility index (Phi) is 5.08. The summed E-state index contributed by atoms with van der Waals surface area (Å²) in [4.78, 5) is 16.1. The molecular formula is C12H21N3OS. The molecule has 0 bridgehead atoms. The van der Waals surface area contributed by atoms with E-state index in [-0.39, 0.29) is 17.2 Å². The molecule has 0 aliphatic rings. The van der Waals surface area contributed by atoms with Crippen LogP contribution in [0.1, 0.15) is 32.9 Å². The van der Waals surface area contributed by atoms with Gasteiger partial charge in [0, 0.05) is 11.9 Å². The monoisotopic (exact) mass is 255 g/mol. The molecule has 3 N–H and O–H groups in total. The van der Waals surface area contributed by atoms with Crippen molar-refractivity contribution in [2.24, 2.45) is 17.1 Å². The first-order valence-electron chi connectivity index (χ1n) is 5.77. The van der Waals surface area contributed by atoms with E-state index >= 15 is 0 Å². The van der Waals surface area contributed by atoms with Crippen molar-refractivity contribution in [2.45, 2.75) is 33.7 Å². The van der Waals surface area contributed by atoms with Crippen LogP contribution in [0.15, 0.2) is 10.9 Å². The maximum absolute atomic E-state index is 11.9. The molecule has 0 aliphatic carbocycles. The molecule has 1 atom stereocenters. The fraction of sp³-hybridized carbons (Fsp3) is 0.667. The molecule has 0 spiro atoms. The normalized spacial score (nSPS) is 13.4. The predicted octanol–water partition coefficient (Wildman–Crippen LogP) is 1.77. The van der Waals surface area contributed by atoms with Crippen molar-refractivity contribution in [2.75, 3.05) is 6.54 Å². The maximum atomic E-state index is 11.9. The minimum Gasteiger partial charge on any atom is -0.350 e. The van der Waals surface area contributed by atoms with Crippen LogP contribution >= 0.6 is 11.3 Å². The van der Waals surface area contributed by atoms with Gasteiger partial charge in [-0.3, -0.25) is 4.79 Å². The Morgan fingerprint density at radius 3 is 2.76 bits per heavy atom. The quantitative estimate of drug-likeness (QED) is 0.842. The minimum atomic E-state index is -0.117. The maximum Gasteiger partial charge on any atom is 0.224 e. The number of hydrogen-bond acceptors (Lipinski definition) is 4. The average Bonchev–Trinajstić information content (AvgIpc) is 2.74. The average molecular weight is 255 g/mol. The lowest BCUT2D eigenvalue weighted by Gasteiger charge is -2.24. The van der Waals surface area contributed by atoms with E-state index in [1.54, 1.807) is 5.51 Å². The summed E-state index contributed by atoms with van der Waals surface area (Å²) in [6, 6.07) is 0. The Hall–Kier alpha value is -0.940. The lowest BCUT2D eigenvalue weighted by Crippen LogP contribution is -2.36. The van der Waals surface area contributed by atoms with E-state index in [1.165, 1.54) is 11.3 Å². The van der Waals surface area contributed by atoms with Crippen molar-refractivity contribution < 1.29 is 4.79 Å². The van der Waals surface area contributed by atoms with Crippen molar-refractivity contribution >= 4 is 17.2 Å². The third-order valence-electron chi connectivity index (χ3n) is 2.44. The molecule has 0 saturated carbocycles. The smallest absolute Gasteiger partial charge is 0.224 e. The van der Waals surface area contributed by atoms with Crippen LogP contribution in [0.3, 0.4) is 0 Å². The summed E-state index contributed by atoms with van der Waals surface area (Å²) in [5.74, 6) is -0.0935. The van der Waals surface area contributed by atoms with Gasteiger partial charge in [-0.2, -0.15) is 0 Å². The van der Waals surface area contributed by atoms with Crippen LogP contribution < -0.4 is 11.1 Å². The second-order valence-electron chi connectivity index (χ2n) is 5.39. The van der Waals surface area contributed by atoms with Gasteiger partial charge in [0.15, 0.2) is 0 Å². The fourth-order valence-corrected chi connectivity index (χ4v) is 2.23. The first-order chi connectivity index (χ1) is 7.92. The second-order valence-corrected chi connectivity index (χ2v) is 6.11. The van der Waals surface area contributed by atoms with Crippen molar-refractivity contribution in [3.63, 3.8) is 0 Å². The van der Waals surface area contributed by atoms with Gasteiger partial charge in [0.2, 0.25) is 5.91 Å². The summed E-state index contributed by atoms with van der Waals surface area (Å²) in [6.07, 6.45) is 0.798. The van der Waals surface area contributed by atoms with E-state index in [9.17, 15) is 4.79 Å². The van der Waals surface area contributed by atoms with E-state index in [1.807, 2.05) is 5.38 Å². The third-order valence-corrected chi connectivity index (χ3v) is 3.08. The van der Waals surface area contributed by atoms with Crippen molar-refractivity contribution in [3.8, 4) is 0 Å². The zero-order valence-electron chi connectivity index (χ0n) is 10.7. The number of rotatable bonds is 5. The summed E-state index contributed by atoms with van der Waals surface area (Å²) >= 11 is 1.53. The van der Waals surface area contributed by atoms with E-state index in [0.29, 0.717) is 13.1 Å². The molecule has 1 heterocycles. The van der Waals surface area contributed by atoms with E-state index in [2.05, 4.69) is 31.1 Å². The molecule has 4 nitrogen and oxygen atoms in total. The fourth-order valence-electron chi connectivity index (χ4n) is 1.67. The standard InChI is InChI=1S/C12H21N3OS/c1-12(2,3)4-9(5-13)11(16)14-6-10-7-17-8-15-10/h7-9H,4-6,13H2,1-3H3,(H,14,16). The molecular weight excluding hydrogens is 234 g/mol. The second kappa shape index (κ2) is 6.12. The predicted molar refractivity (Wildman–Crippen MR) is 70.6 cm³/mol. The molecule has 0 saturated heterocycles. The number of nitrogens with two attached hydrogens (primary N) is 1. The Morgan fingerprint density at radius 2 is 2.29 bits per heavy atom. The molecule has 0 aliphatic heterocycles. The van der Waals surface area contributed by atoms with Gasteiger partial charge in [-0.25, -0.2) is 4.98 Å². The van der Waals surface area contributed by atoms with Crippen LogP contribution in [0.5, 0.6) is 0 Å². The van der Waals surface area contributed by atoms with Crippen LogP contribution in [0.4, 0.5) is 0 Å². The lowest BCUT2D eigenvalue weighted by atomic mass is 9.84. The molecule has 5 heteroatoms. The highest BCUT2D eigenvalue weighted by atomic mass is 32.1. The molecule has 17 heavy (non-hydrogen) atoms. The van der Waals surface area contributed by atoms with Crippen molar-refractivity contribution in [1.29, 1.82) is 0 Å². The van der Waals surface area contributed by atoms with Gasteiger partial charge in [0.25, 0.3) is 0 Å². The Labute approximate surface area is 107 Å². The summed E-state index contributed by atoms with van der Waals surface area (Å²) in [5, 5.41) is 4.82. The molecule has 1 aromatic heterocycles. The number of nitrogens with zero attached hydrogens (tertiary/aromatic N) is 1. The molecule has 1 rings (SSSR count). The highest BCUT2D eigenvalue weighted by Gasteiger charge is 2.23. The number of hydrogen-bond donors (Lipinski definition) is 2. The summed E-state index contributed by atoms with van der Waals surface area (Å²) < 4.78 is 0. The number of nitrogens with one attached hydrogen (secondary N) is 1. The van der Waals surface area contributed by atoms with E-state index < -0.39 is 0 Å². The Balaban J connectivity index is 2.44. The number of carbonyl (C=O) groups excluding carboxylic acids is 1. The molecule has 1 unspecified atom stereocenters. The number of thiazole rings is 1. The van der Waals surface area contributed by atoms with Crippen LogP contribution in [-0.4, -0.2) is 17.4 Å². The largest absolute Gasteiger partial charge is 0.350 e. The topological polar surface area (TPSA) is 68.0 Å². The molecule has 1 aromatic rings. The SMILES string of the molecule is CC(C)(C)CC(CN)C(=O)NCc1cscn1. The van der Waals surface area contributed by atoms with E-state index in [4.69, 9.17) is 5.73 Å². The van der Waals surface area contributed by atoms with Crippen LogP contribution in [0.25, 0.3) is 0 Å². The van der Waals surface area contributed by atoms with Crippen LogP contribution in [-0.2, 0) is 11.3 Å². The Morgan fingerprint density at radius 1 is 1.59 bits per heavy atom. The highest BCUT2D eigenvalue weighted by molar-refractivity contribution is 7.07. The molecule has 96 valence electrons. The zero-order valence-corrected chi connectivity index (χ0v) is 11.5. The summed E-state index contributed by atoms with van der Waals surface area (Å²) in [5.41, 5.74) is 8.43. The van der Waals surface area contributed by atoms with Crippen molar-refractivity contribution in [1.82, 2.24) is 10.3 Å². The van der Waals surface area contributed by atoms with Gasteiger partial charge in [0.1, 0.15) is 0 Å². The van der Waals surface area contributed by atoms with Crippen LogP contribution in [0.2, 0.25) is 0 Å². The van der Waals surface area contributed by atoms with Crippen LogP contribution in [0, 0.1) is 11.3 Å². The first-order valence-corrected chi connectivity index (χ1v) is 6.71. The zero-order chi connectivity index (χ0) is 12.9. The summed E-state index contributed by atoms with van der Waals surface area (Å²) in [7, 11) is 0. The van der Waals surface area contributed by atoms with E-state index in [0.717, 1.165) is 12.1 Å². The Bertz CT molecular complexity index is 343. The van der Waals surface area contributed by atoms with Gasteiger partial charge in [-0.1, -0.05) is 20.8 Å². The summed E-state index contributed by atoms with van der Waals surface area (Å²) in [6.45, 7) is 7.22. The third kappa shape index (κ3) is 5.28. The van der Waals surface area contributed by atoms with Gasteiger partial charge in [0.05, 0.1) is 23.7 Å². The van der Waals surface area contributed by atoms with Gasteiger partial charge in [-0.15, -0.1) is 11.3 Å². The van der Waals surface area contributed by atoms with Gasteiger partial charge >= 0.3 is 0 Å². The van der Waals surface area contributed by atoms with Gasteiger partial charge < -0.3 is 11.1 Å². The number of amides is 1.